The molecule has 0 amide bonds. The molecule has 0 unspecified atom stereocenters. The summed E-state index contributed by atoms with van der Waals surface area (Å²) in [5, 5.41) is 10.5. The zero-order valence-corrected chi connectivity index (χ0v) is 17.4. The quantitative estimate of drug-likeness (QED) is 0.790. The maximum Gasteiger partial charge on any atom is 0.0900 e. The van der Waals surface area contributed by atoms with Crippen LogP contribution in [0.15, 0.2) is 30.3 Å². The maximum absolute atomic E-state index is 10.5. The summed E-state index contributed by atoms with van der Waals surface area (Å²) in [5.74, 6) is 2.04. The van der Waals surface area contributed by atoms with Gasteiger partial charge in [0.2, 0.25) is 0 Å². The van der Waals surface area contributed by atoms with Crippen molar-refractivity contribution in [2.45, 2.75) is 52.2 Å². The SMILES string of the molecule is CC(C)[C@H]1CC[C@@H](C)C[C@@H]1OC[C@H](O)CN1CCN(c2ccccc2)CC1. The molecule has 27 heavy (non-hydrogen) atoms. The summed E-state index contributed by atoms with van der Waals surface area (Å²) in [5.41, 5.74) is 1.30. The molecule has 0 aromatic heterocycles. The van der Waals surface area contributed by atoms with Crippen LogP contribution in [0.1, 0.15) is 40.0 Å². The smallest absolute Gasteiger partial charge is 0.0900 e. The van der Waals surface area contributed by atoms with Crippen molar-refractivity contribution < 1.29 is 9.84 Å². The number of anilines is 1. The minimum absolute atomic E-state index is 0.318. The summed E-state index contributed by atoms with van der Waals surface area (Å²) < 4.78 is 6.23. The normalized spacial score (nSPS) is 28.5. The van der Waals surface area contributed by atoms with Crippen LogP contribution in [-0.2, 0) is 4.74 Å². The van der Waals surface area contributed by atoms with Crippen molar-refractivity contribution in [2.75, 3.05) is 44.2 Å². The molecule has 1 saturated carbocycles. The van der Waals surface area contributed by atoms with Gasteiger partial charge in [-0.2, -0.15) is 0 Å². The minimum atomic E-state index is -0.390. The van der Waals surface area contributed by atoms with E-state index in [-0.39, 0.29) is 0 Å². The lowest BCUT2D eigenvalue weighted by molar-refractivity contribution is -0.0740. The van der Waals surface area contributed by atoms with Gasteiger partial charge in [0.15, 0.2) is 0 Å². The molecule has 4 atom stereocenters. The highest BCUT2D eigenvalue weighted by atomic mass is 16.5. The molecule has 2 fully saturated rings. The first kappa shape index (κ1) is 20.6. The predicted molar refractivity (Wildman–Crippen MR) is 112 cm³/mol. The summed E-state index contributed by atoms with van der Waals surface area (Å²) in [7, 11) is 0. The molecule has 1 heterocycles. The molecule has 0 bridgehead atoms. The zero-order chi connectivity index (χ0) is 19.2. The van der Waals surface area contributed by atoms with Crippen LogP contribution in [-0.4, -0.2) is 61.5 Å². The molecular weight excluding hydrogens is 336 g/mol. The van der Waals surface area contributed by atoms with E-state index in [2.05, 4.69) is 60.9 Å². The van der Waals surface area contributed by atoms with Crippen LogP contribution in [0.3, 0.4) is 0 Å². The predicted octanol–water partition coefficient (Wildman–Crippen LogP) is 3.65. The molecule has 1 saturated heterocycles. The van der Waals surface area contributed by atoms with E-state index in [0.29, 0.717) is 24.5 Å². The van der Waals surface area contributed by atoms with Gasteiger partial charge in [-0.15, -0.1) is 0 Å². The van der Waals surface area contributed by atoms with E-state index in [1.165, 1.54) is 18.5 Å². The fourth-order valence-corrected chi connectivity index (χ4v) is 4.72. The third-order valence-corrected chi connectivity index (χ3v) is 6.43. The average Bonchev–Trinajstić information content (AvgIpc) is 2.67. The third kappa shape index (κ3) is 5.94. The van der Waals surface area contributed by atoms with E-state index in [9.17, 15) is 5.11 Å². The highest BCUT2D eigenvalue weighted by molar-refractivity contribution is 5.46. The molecule has 4 heteroatoms. The van der Waals surface area contributed by atoms with Crippen LogP contribution >= 0.6 is 0 Å². The maximum atomic E-state index is 10.5. The summed E-state index contributed by atoms with van der Waals surface area (Å²) in [6, 6.07) is 10.6. The number of piperazine rings is 1. The fourth-order valence-electron chi connectivity index (χ4n) is 4.72. The highest BCUT2D eigenvalue weighted by Gasteiger charge is 2.32. The Kier molecular flexibility index (Phi) is 7.57. The van der Waals surface area contributed by atoms with Gasteiger partial charge >= 0.3 is 0 Å². The van der Waals surface area contributed by atoms with Crippen LogP contribution in [0, 0.1) is 17.8 Å². The van der Waals surface area contributed by atoms with Gasteiger partial charge in [0.1, 0.15) is 0 Å². The van der Waals surface area contributed by atoms with Gasteiger partial charge in [-0.3, -0.25) is 4.90 Å². The van der Waals surface area contributed by atoms with E-state index in [1.54, 1.807) is 0 Å². The summed E-state index contributed by atoms with van der Waals surface area (Å²) in [6.07, 6.45) is 3.65. The van der Waals surface area contributed by atoms with Crippen molar-refractivity contribution in [3.63, 3.8) is 0 Å². The van der Waals surface area contributed by atoms with Gasteiger partial charge in [-0.05, 0) is 42.7 Å². The number of ether oxygens (including phenoxy) is 1. The van der Waals surface area contributed by atoms with Crippen LogP contribution < -0.4 is 4.90 Å². The number of nitrogens with zero attached hydrogens (tertiary/aromatic N) is 2. The highest BCUT2D eigenvalue weighted by Crippen LogP contribution is 2.35. The van der Waals surface area contributed by atoms with Crippen molar-refractivity contribution in [1.82, 2.24) is 4.90 Å². The molecule has 0 spiro atoms. The summed E-state index contributed by atoms with van der Waals surface area (Å²) in [4.78, 5) is 4.80. The molecule has 1 N–H and O–H groups in total. The first-order chi connectivity index (χ1) is 13.0. The molecule has 1 aromatic carbocycles. The Balaban J connectivity index is 1.40. The Labute approximate surface area is 165 Å². The number of benzene rings is 1. The lowest BCUT2D eigenvalue weighted by Gasteiger charge is -2.39. The molecule has 152 valence electrons. The largest absolute Gasteiger partial charge is 0.389 e. The van der Waals surface area contributed by atoms with Crippen molar-refractivity contribution in [1.29, 1.82) is 0 Å². The Morgan fingerprint density at radius 1 is 1.07 bits per heavy atom. The van der Waals surface area contributed by atoms with Gasteiger partial charge in [0.05, 0.1) is 18.8 Å². The molecule has 1 aromatic rings. The molecule has 0 radical (unpaired) electrons. The van der Waals surface area contributed by atoms with Gasteiger partial charge in [0.25, 0.3) is 0 Å². The molecule has 4 nitrogen and oxygen atoms in total. The molecular formula is C23H38N2O2. The van der Waals surface area contributed by atoms with E-state index in [0.717, 1.165) is 45.1 Å². The number of hydrogen-bond acceptors (Lipinski definition) is 4. The lowest BCUT2D eigenvalue weighted by atomic mass is 9.75. The van der Waals surface area contributed by atoms with E-state index >= 15 is 0 Å². The Bertz CT molecular complexity index is 543. The van der Waals surface area contributed by atoms with Crippen LogP contribution in [0.4, 0.5) is 5.69 Å². The van der Waals surface area contributed by atoms with Crippen molar-refractivity contribution >= 4 is 5.69 Å². The second kappa shape index (κ2) is 9.90. The number of aliphatic hydroxyl groups excluding tert-OH is 1. The van der Waals surface area contributed by atoms with Crippen molar-refractivity contribution in [3.05, 3.63) is 30.3 Å². The average molecular weight is 375 g/mol. The van der Waals surface area contributed by atoms with Crippen LogP contribution in [0.2, 0.25) is 0 Å². The van der Waals surface area contributed by atoms with Crippen molar-refractivity contribution in [3.8, 4) is 0 Å². The Hall–Kier alpha value is -1.10. The summed E-state index contributed by atoms with van der Waals surface area (Å²) >= 11 is 0. The van der Waals surface area contributed by atoms with E-state index < -0.39 is 6.10 Å². The summed E-state index contributed by atoms with van der Waals surface area (Å²) in [6.45, 7) is 12.2. The van der Waals surface area contributed by atoms with Crippen LogP contribution in [0.5, 0.6) is 0 Å². The molecule has 3 rings (SSSR count). The topological polar surface area (TPSA) is 35.9 Å². The Morgan fingerprint density at radius 3 is 2.44 bits per heavy atom. The molecule has 1 aliphatic carbocycles. The number of para-hydroxylation sites is 1. The second-order valence-corrected chi connectivity index (χ2v) is 8.97. The molecule has 1 aliphatic heterocycles. The second-order valence-electron chi connectivity index (χ2n) is 8.97. The first-order valence-electron chi connectivity index (χ1n) is 10.8. The van der Waals surface area contributed by atoms with Gasteiger partial charge < -0.3 is 14.7 Å². The van der Waals surface area contributed by atoms with Crippen LogP contribution in [0.25, 0.3) is 0 Å². The molecule has 2 aliphatic rings. The Morgan fingerprint density at radius 2 is 1.78 bits per heavy atom. The first-order valence-corrected chi connectivity index (χ1v) is 10.8. The standard InChI is InChI=1S/C23H38N2O2/c1-18(2)22-10-9-19(3)15-23(22)27-17-21(26)16-24-11-13-25(14-12-24)20-7-5-4-6-8-20/h4-8,18-19,21-23,26H,9-17H2,1-3H3/t19-,21-,22-,23+/m1/s1. The number of aliphatic hydroxyl groups is 1. The van der Waals surface area contributed by atoms with E-state index in [1.807, 2.05) is 0 Å². The van der Waals surface area contributed by atoms with Gasteiger partial charge in [-0.1, -0.05) is 45.4 Å². The van der Waals surface area contributed by atoms with Gasteiger partial charge in [0, 0.05) is 38.4 Å². The lowest BCUT2D eigenvalue weighted by Crippen LogP contribution is -2.49. The van der Waals surface area contributed by atoms with Gasteiger partial charge in [-0.25, -0.2) is 0 Å². The minimum Gasteiger partial charge on any atom is -0.389 e. The zero-order valence-electron chi connectivity index (χ0n) is 17.4. The van der Waals surface area contributed by atoms with E-state index in [4.69, 9.17) is 4.74 Å². The number of β-amino-alcohol motifs (C(OH)–C–C–N with tert-alkyl or cyclic N) is 1. The third-order valence-electron chi connectivity index (χ3n) is 6.43. The number of hydrogen-bond donors (Lipinski definition) is 1. The van der Waals surface area contributed by atoms with Crippen molar-refractivity contribution in [2.24, 2.45) is 17.8 Å². The number of rotatable bonds is 7. The monoisotopic (exact) mass is 374 g/mol. The fraction of sp³-hybridized carbons (Fsp3) is 0.739.